The molecule has 2 aromatic rings. The van der Waals surface area contributed by atoms with Gasteiger partial charge in [0.2, 0.25) is 0 Å². The van der Waals surface area contributed by atoms with Crippen LogP contribution in [-0.2, 0) is 6.54 Å². The van der Waals surface area contributed by atoms with E-state index in [1.165, 1.54) is 0 Å². The number of aryl methyl sites for hydroxylation is 2. The molecule has 2 heterocycles. The average molecular weight is 242 g/mol. The molecule has 0 saturated carbocycles. The van der Waals surface area contributed by atoms with E-state index in [1.807, 2.05) is 13.0 Å². The number of allylic oxidation sites excluding steroid dienone is 2. The largest absolute Gasteiger partial charge is 0.292 e. The van der Waals surface area contributed by atoms with Gasteiger partial charge in [0.1, 0.15) is 5.65 Å². The van der Waals surface area contributed by atoms with Gasteiger partial charge in [0.25, 0.3) is 5.56 Å². The van der Waals surface area contributed by atoms with E-state index in [0.29, 0.717) is 6.54 Å². The second-order valence-corrected chi connectivity index (χ2v) is 4.42. The number of nitrogens with zero attached hydrogens (tertiary/aromatic N) is 2. The molecule has 0 aliphatic rings. The fourth-order valence-corrected chi connectivity index (χ4v) is 1.99. The maximum Gasteiger partial charge on any atom is 0.252 e. The van der Waals surface area contributed by atoms with Crippen LogP contribution in [0.2, 0.25) is 0 Å². The van der Waals surface area contributed by atoms with Crippen molar-refractivity contribution < 1.29 is 0 Å². The number of hydrogen-bond donors (Lipinski definition) is 0. The Kier molecular flexibility index (Phi) is 3.92. The van der Waals surface area contributed by atoms with Gasteiger partial charge in [-0.2, -0.15) is 0 Å². The van der Waals surface area contributed by atoms with Crippen molar-refractivity contribution in [3.8, 4) is 0 Å². The molecule has 0 unspecified atom stereocenters. The Morgan fingerprint density at radius 3 is 2.94 bits per heavy atom. The van der Waals surface area contributed by atoms with Crippen molar-refractivity contribution >= 4 is 11.0 Å². The monoisotopic (exact) mass is 242 g/mol. The fraction of sp³-hybridized carbons (Fsp3) is 0.333. The summed E-state index contributed by atoms with van der Waals surface area (Å²) in [5, 5.41) is 1.02. The number of hydrogen-bond acceptors (Lipinski definition) is 2. The normalized spacial score (nSPS) is 11.4. The van der Waals surface area contributed by atoms with Crippen LogP contribution in [-0.4, -0.2) is 9.55 Å². The average Bonchev–Trinajstić information content (AvgIpc) is 2.37. The molecule has 3 nitrogen and oxygen atoms in total. The lowest BCUT2D eigenvalue weighted by Crippen LogP contribution is -2.19. The Bertz CT molecular complexity index is 626. The molecule has 0 spiro atoms. The maximum atomic E-state index is 11.9. The molecule has 3 heteroatoms. The molecule has 0 N–H and O–H groups in total. The van der Waals surface area contributed by atoms with E-state index >= 15 is 0 Å². The van der Waals surface area contributed by atoms with E-state index in [-0.39, 0.29) is 5.56 Å². The van der Waals surface area contributed by atoms with Crippen LogP contribution in [0.25, 0.3) is 11.0 Å². The first-order chi connectivity index (χ1) is 8.72. The summed E-state index contributed by atoms with van der Waals surface area (Å²) in [5.41, 5.74) is 1.90. The van der Waals surface area contributed by atoms with Crippen LogP contribution in [0.5, 0.6) is 0 Å². The van der Waals surface area contributed by atoms with Gasteiger partial charge in [-0.15, -0.1) is 0 Å². The molecule has 0 atom stereocenters. The van der Waals surface area contributed by atoms with Gasteiger partial charge >= 0.3 is 0 Å². The first-order valence-corrected chi connectivity index (χ1v) is 6.33. The van der Waals surface area contributed by atoms with Gasteiger partial charge in [0.05, 0.1) is 0 Å². The fourth-order valence-electron chi connectivity index (χ4n) is 1.99. The molecule has 0 saturated heterocycles. The quantitative estimate of drug-likeness (QED) is 0.772. The van der Waals surface area contributed by atoms with Crippen LogP contribution in [0.4, 0.5) is 0 Å². The zero-order valence-electron chi connectivity index (χ0n) is 10.9. The highest BCUT2D eigenvalue weighted by molar-refractivity contribution is 5.75. The van der Waals surface area contributed by atoms with Crippen molar-refractivity contribution in [2.75, 3.05) is 0 Å². The molecule has 0 aliphatic carbocycles. The van der Waals surface area contributed by atoms with Crippen molar-refractivity contribution in [3.63, 3.8) is 0 Å². The Morgan fingerprint density at radius 1 is 1.33 bits per heavy atom. The molecule has 0 aromatic carbocycles. The maximum absolute atomic E-state index is 11.9. The molecule has 0 aliphatic heterocycles. The first-order valence-electron chi connectivity index (χ1n) is 6.33. The van der Waals surface area contributed by atoms with Crippen LogP contribution in [0.15, 0.2) is 41.3 Å². The summed E-state index contributed by atoms with van der Waals surface area (Å²) in [4.78, 5) is 16.3. The minimum atomic E-state index is 0.0174. The summed E-state index contributed by atoms with van der Waals surface area (Å²) in [5.74, 6) is 0. The van der Waals surface area contributed by atoms with Gasteiger partial charge in [0.15, 0.2) is 0 Å². The SMILES string of the molecule is CCC=CCCn1c(=O)ccc2cc(C)cnc21. The van der Waals surface area contributed by atoms with Gasteiger partial charge in [0, 0.05) is 24.2 Å². The van der Waals surface area contributed by atoms with Gasteiger partial charge in [-0.25, -0.2) is 4.98 Å². The van der Waals surface area contributed by atoms with Crippen LogP contribution < -0.4 is 5.56 Å². The second-order valence-electron chi connectivity index (χ2n) is 4.42. The summed E-state index contributed by atoms with van der Waals surface area (Å²) >= 11 is 0. The summed E-state index contributed by atoms with van der Waals surface area (Å²) in [6, 6.07) is 5.52. The summed E-state index contributed by atoms with van der Waals surface area (Å²) < 4.78 is 1.74. The van der Waals surface area contributed by atoms with Crippen molar-refractivity contribution in [2.45, 2.75) is 33.2 Å². The van der Waals surface area contributed by atoms with Crippen LogP contribution in [0, 0.1) is 6.92 Å². The Morgan fingerprint density at radius 2 is 2.17 bits per heavy atom. The Balaban J connectivity index is 2.38. The zero-order valence-corrected chi connectivity index (χ0v) is 10.9. The van der Waals surface area contributed by atoms with Crippen molar-refractivity contribution in [3.05, 3.63) is 52.5 Å². The minimum Gasteiger partial charge on any atom is -0.292 e. The number of aromatic nitrogens is 2. The van der Waals surface area contributed by atoms with Gasteiger partial charge < -0.3 is 0 Å². The third-order valence-electron chi connectivity index (χ3n) is 2.88. The van der Waals surface area contributed by atoms with Gasteiger partial charge in [-0.3, -0.25) is 9.36 Å². The summed E-state index contributed by atoms with van der Waals surface area (Å²) in [7, 11) is 0. The molecule has 0 amide bonds. The van der Waals surface area contributed by atoms with E-state index < -0.39 is 0 Å². The zero-order chi connectivity index (χ0) is 13.0. The molecular weight excluding hydrogens is 224 g/mol. The third kappa shape index (κ3) is 2.67. The highest BCUT2D eigenvalue weighted by Crippen LogP contribution is 2.11. The number of pyridine rings is 2. The standard InChI is InChI=1S/C15H18N2O/c1-3-4-5-6-9-17-14(18)8-7-13-10-12(2)11-16-15(13)17/h4-5,7-8,10-11H,3,6,9H2,1-2H3. The molecule has 18 heavy (non-hydrogen) atoms. The third-order valence-corrected chi connectivity index (χ3v) is 2.88. The lowest BCUT2D eigenvalue weighted by Gasteiger charge is -2.08. The topological polar surface area (TPSA) is 34.9 Å². The summed E-state index contributed by atoms with van der Waals surface area (Å²) in [6.45, 7) is 4.79. The predicted molar refractivity (Wildman–Crippen MR) is 74.8 cm³/mol. The lowest BCUT2D eigenvalue weighted by molar-refractivity contribution is 0.700. The molecule has 94 valence electrons. The van der Waals surface area contributed by atoms with E-state index in [9.17, 15) is 4.79 Å². The van der Waals surface area contributed by atoms with Gasteiger partial charge in [-0.05, 0) is 37.5 Å². The molecular formula is C15H18N2O. The van der Waals surface area contributed by atoms with Crippen molar-refractivity contribution in [1.82, 2.24) is 9.55 Å². The van der Waals surface area contributed by atoms with Crippen molar-refractivity contribution in [2.24, 2.45) is 0 Å². The van der Waals surface area contributed by atoms with Gasteiger partial charge in [-0.1, -0.05) is 19.1 Å². The highest BCUT2D eigenvalue weighted by Gasteiger charge is 2.03. The number of fused-ring (bicyclic) bond motifs is 1. The smallest absolute Gasteiger partial charge is 0.252 e. The van der Waals surface area contributed by atoms with Crippen LogP contribution in [0.3, 0.4) is 0 Å². The van der Waals surface area contributed by atoms with E-state index in [4.69, 9.17) is 0 Å². The molecule has 0 bridgehead atoms. The van der Waals surface area contributed by atoms with Crippen molar-refractivity contribution in [1.29, 1.82) is 0 Å². The highest BCUT2D eigenvalue weighted by atomic mass is 16.1. The molecule has 0 fully saturated rings. The van der Waals surface area contributed by atoms with E-state index in [2.05, 4.69) is 30.1 Å². The Labute approximate surface area is 107 Å². The summed E-state index contributed by atoms with van der Waals surface area (Å²) in [6.07, 6.45) is 7.93. The van der Waals surface area contributed by atoms with E-state index in [0.717, 1.165) is 29.4 Å². The molecule has 2 rings (SSSR count). The second kappa shape index (κ2) is 5.63. The molecule has 2 aromatic heterocycles. The Hall–Kier alpha value is -1.90. The van der Waals surface area contributed by atoms with Crippen LogP contribution >= 0.6 is 0 Å². The molecule has 0 radical (unpaired) electrons. The van der Waals surface area contributed by atoms with E-state index in [1.54, 1.807) is 16.8 Å². The minimum absolute atomic E-state index is 0.0174. The number of rotatable bonds is 4. The first kappa shape index (κ1) is 12.6. The lowest BCUT2D eigenvalue weighted by atomic mass is 10.2. The predicted octanol–water partition coefficient (Wildman–Crippen LogP) is 3.06. The van der Waals surface area contributed by atoms with Crippen LogP contribution in [0.1, 0.15) is 25.3 Å².